The summed E-state index contributed by atoms with van der Waals surface area (Å²) in [5.74, 6) is 0. The molecule has 0 aliphatic carbocycles. The second-order valence-electron chi connectivity index (χ2n) is 1.19. The number of alkyl halides is 1. The Kier molecular flexibility index (Phi) is 1.85. The summed E-state index contributed by atoms with van der Waals surface area (Å²) in [5, 5.41) is 8.45. The van der Waals surface area contributed by atoms with Crippen LogP contribution in [0.3, 0.4) is 0 Å². The number of ether oxygens (including phenoxy) is 2. The van der Waals surface area contributed by atoms with Gasteiger partial charge in [-0.2, -0.15) is 0 Å². The van der Waals surface area contributed by atoms with Crippen LogP contribution in [-0.4, -0.2) is 22.3 Å². The van der Waals surface area contributed by atoms with Crippen LogP contribution in [0.2, 0.25) is 0 Å². The average Bonchev–Trinajstić information content (AvgIpc) is 1.87. The monoisotopic (exact) mass is 216 g/mol. The molecule has 1 heterocycles. The van der Waals surface area contributed by atoms with Gasteiger partial charge in [-0.3, -0.25) is 0 Å². The van der Waals surface area contributed by atoms with Gasteiger partial charge in [-0.05, 0) is 22.6 Å². The van der Waals surface area contributed by atoms with Gasteiger partial charge in [-0.15, -0.1) is 0 Å². The van der Waals surface area contributed by atoms with Gasteiger partial charge in [0.05, 0.1) is 6.61 Å². The Bertz CT molecular complexity index is 59.2. The van der Waals surface area contributed by atoms with Crippen molar-refractivity contribution < 1.29 is 14.6 Å². The quantitative estimate of drug-likeness (QED) is 0.460. The van der Waals surface area contributed by atoms with Crippen molar-refractivity contribution in [3.05, 3.63) is 0 Å². The molecule has 0 radical (unpaired) electrons. The van der Waals surface area contributed by atoms with Crippen LogP contribution in [0.1, 0.15) is 0 Å². The minimum absolute atomic E-state index is 0.0209. The molecule has 1 aliphatic heterocycles. The van der Waals surface area contributed by atoms with E-state index in [0.717, 1.165) is 0 Å². The smallest absolute Gasteiger partial charge is 0.270 e. The van der Waals surface area contributed by atoms with E-state index in [1.807, 2.05) is 22.6 Å². The van der Waals surface area contributed by atoms with Crippen molar-refractivity contribution in [1.82, 2.24) is 0 Å². The maximum Gasteiger partial charge on any atom is 0.270 e. The fourth-order valence-electron chi connectivity index (χ4n) is 0.363. The van der Waals surface area contributed by atoms with E-state index < -0.39 is 6.48 Å². The molecule has 1 aliphatic rings. The summed E-state index contributed by atoms with van der Waals surface area (Å²) in [6, 6.07) is 0. The molecule has 0 aromatic carbocycles. The predicted octanol–water partition coefficient (Wildman–Crippen LogP) is 0.0702. The molecule has 1 rings (SSSR count). The lowest BCUT2D eigenvalue weighted by Gasteiger charge is -1.96. The topological polar surface area (TPSA) is 38.7 Å². The number of aliphatic hydroxyl groups is 1. The number of hydrogen-bond acceptors (Lipinski definition) is 3. The van der Waals surface area contributed by atoms with Crippen molar-refractivity contribution in [3.63, 3.8) is 0 Å². The summed E-state index contributed by atoms with van der Waals surface area (Å²) in [6.45, 7) is -0.497. The second kappa shape index (κ2) is 2.25. The molecule has 0 amide bonds. The molecule has 0 saturated carbocycles. The zero-order chi connectivity index (χ0) is 5.28. The van der Waals surface area contributed by atoms with Crippen molar-refractivity contribution in [2.24, 2.45) is 0 Å². The normalized spacial score (nSPS) is 42.0. The zero-order valence-corrected chi connectivity index (χ0v) is 5.66. The fraction of sp³-hybridized carbons (Fsp3) is 1.00. The van der Waals surface area contributed by atoms with Crippen LogP contribution in [-0.2, 0) is 9.47 Å². The maximum atomic E-state index is 8.45. The molecule has 0 aromatic rings. The minimum Gasteiger partial charge on any atom is -0.346 e. The average molecular weight is 216 g/mol. The first-order chi connectivity index (χ1) is 3.29. The molecule has 7 heavy (non-hydrogen) atoms. The highest BCUT2D eigenvalue weighted by atomic mass is 127. The van der Waals surface area contributed by atoms with Gasteiger partial charge in [0.15, 0.2) is 0 Å². The van der Waals surface area contributed by atoms with Gasteiger partial charge in [0.1, 0.15) is 4.11 Å². The molecule has 1 fully saturated rings. The number of rotatable bonds is 0. The van der Waals surface area contributed by atoms with Crippen LogP contribution in [0.15, 0.2) is 0 Å². The summed E-state index contributed by atoms with van der Waals surface area (Å²) < 4.78 is 9.29. The summed E-state index contributed by atoms with van der Waals surface area (Å²) in [7, 11) is 0. The van der Waals surface area contributed by atoms with E-state index in [1.54, 1.807) is 0 Å². The van der Waals surface area contributed by atoms with Gasteiger partial charge >= 0.3 is 0 Å². The molecule has 2 unspecified atom stereocenters. The molecular formula is C3H5IO3. The molecule has 3 nitrogen and oxygen atoms in total. The van der Waals surface area contributed by atoms with Crippen molar-refractivity contribution >= 4 is 22.6 Å². The Balaban J connectivity index is 2.26. The van der Waals surface area contributed by atoms with Gasteiger partial charge in [0, 0.05) is 0 Å². The van der Waals surface area contributed by atoms with Gasteiger partial charge in [0.2, 0.25) is 0 Å². The Hall–Kier alpha value is 0.610. The lowest BCUT2D eigenvalue weighted by molar-refractivity contribution is -0.196. The van der Waals surface area contributed by atoms with Gasteiger partial charge in [0.25, 0.3) is 6.48 Å². The lowest BCUT2D eigenvalue weighted by Crippen LogP contribution is -2.04. The molecule has 1 N–H and O–H groups in total. The van der Waals surface area contributed by atoms with Crippen molar-refractivity contribution in [3.8, 4) is 0 Å². The largest absolute Gasteiger partial charge is 0.346 e. The maximum absolute atomic E-state index is 8.45. The highest BCUT2D eigenvalue weighted by molar-refractivity contribution is 14.1. The van der Waals surface area contributed by atoms with Gasteiger partial charge in [-0.1, -0.05) is 0 Å². The SMILES string of the molecule is OC1OCC(I)O1. The van der Waals surface area contributed by atoms with Crippen LogP contribution in [0, 0.1) is 0 Å². The fourth-order valence-corrected chi connectivity index (χ4v) is 0.822. The summed E-state index contributed by atoms with van der Waals surface area (Å²) >= 11 is 2.04. The standard InChI is InChI=1S/C3H5IO3/c4-2-1-6-3(5)7-2/h2-3,5H,1H2. The van der Waals surface area contributed by atoms with E-state index in [-0.39, 0.29) is 4.11 Å². The van der Waals surface area contributed by atoms with Crippen LogP contribution < -0.4 is 0 Å². The highest BCUT2D eigenvalue weighted by Gasteiger charge is 2.20. The van der Waals surface area contributed by atoms with Crippen LogP contribution in [0.4, 0.5) is 0 Å². The van der Waals surface area contributed by atoms with E-state index >= 15 is 0 Å². The first-order valence-corrected chi connectivity index (χ1v) is 3.13. The Morgan fingerprint density at radius 2 is 2.43 bits per heavy atom. The van der Waals surface area contributed by atoms with E-state index in [1.165, 1.54) is 0 Å². The number of halogens is 1. The summed E-state index contributed by atoms with van der Waals surface area (Å²) in [5.41, 5.74) is 0. The first kappa shape index (κ1) is 5.74. The molecule has 4 heteroatoms. The van der Waals surface area contributed by atoms with E-state index in [2.05, 4.69) is 9.47 Å². The molecule has 0 spiro atoms. The van der Waals surface area contributed by atoms with Gasteiger partial charge in [-0.25, -0.2) is 0 Å². The third-order valence-corrected chi connectivity index (χ3v) is 1.29. The molecule has 0 bridgehead atoms. The van der Waals surface area contributed by atoms with E-state index in [9.17, 15) is 0 Å². The number of aliphatic hydroxyl groups excluding tert-OH is 1. The Labute approximate surface area is 54.7 Å². The first-order valence-electron chi connectivity index (χ1n) is 1.88. The minimum atomic E-state index is -0.984. The van der Waals surface area contributed by atoms with Gasteiger partial charge < -0.3 is 14.6 Å². The molecule has 0 aromatic heterocycles. The van der Waals surface area contributed by atoms with Crippen molar-refractivity contribution in [2.45, 2.75) is 10.6 Å². The van der Waals surface area contributed by atoms with Crippen LogP contribution in [0.25, 0.3) is 0 Å². The molecule has 1 saturated heterocycles. The van der Waals surface area contributed by atoms with Crippen LogP contribution >= 0.6 is 22.6 Å². The Morgan fingerprint density at radius 1 is 1.71 bits per heavy atom. The van der Waals surface area contributed by atoms with Crippen LogP contribution in [0.5, 0.6) is 0 Å². The third-order valence-electron chi connectivity index (χ3n) is 0.634. The van der Waals surface area contributed by atoms with E-state index in [4.69, 9.17) is 5.11 Å². The second-order valence-corrected chi connectivity index (χ2v) is 2.58. The van der Waals surface area contributed by atoms with E-state index in [0.29, 0.717) is 6.61 Å². The molecular weight excluding hydrogens is 211 g/mol. The Morgan fingerprint density at radius 3 is 2.57 bits per heavy atom. The third kappa shape index (κ3) is 1.52. The summed E-state index contributed by atoms with van der Waals surface area (Å²) in [6.07, 6.45) is 0. The predicted molar refractivity (Wildman–Crippen MR) is 30.9 cm³/mol. The van der Waals surface area contributed by atoms with Crippen molar-refractivity contribution in [2.75, 3.05) is 6.61 Å². The zero-order valence-electron chi connectivity index (χ0n) is 3.50. The summed E-state index contributed by atoms with van der Waals surface area (Å²) in [4.78, 5) is 0. The molecule has 2 atom stereocenters. The molecule has 42 valence electrons. The van der Waals surface area contributed by atoms with Crippen molar-refractivity contribution in [1.29, 1.82) is 0 Å². The highest BCUT2D eigenvalue weighted by Crippen LogP contribution is 2.13. The number of hydrogen-bond donors (Lipinski definition) is 1. The lowest BCUT2D eigenvalue weighted by atomic mass is 10.8.